The number of rotatable bonds is 5. The highest BCUT2D eigenvalue weighted by atomic mass is 35.5. The monoisotopic (exact) mass is 516 g/mol. The van der Waals surface area contributed by atoms with Crippen molar-refractivity contribution in [3.63, 3.8) is 0 Å². The molecule has 1 aliphatic heterocycles. The normalized spacial score (nSPS) is 22.7. The van der Waals surface area contributed by atoms with Gasteiger partial charge in [0.05, 0.1) is 21.4 Å². The van der Waals surface area contributed by atoms with Crippen LogP contribution in [0.2, 0.25) is 10.0 Å². The van der Waals surface area contributed by atoms with Crippen molar-refractivity contribution in [1.29, 1.82) is 0 Å². The molecule has 1 fully saturated rings. The number of fused-ring (bicyclic) bond motifs is 1. The van der Waals surface area contributed by atoms with Crippen molar-refractivity contribution in [1.82, 2.24) is 5.32 Å². The minimum atomic E-state index is -0.714. The van der Waals surface area contributed by atoms with Crippen molar-refractivity contribution in [2.45, 2.75) is 64.1 Å². The highest BCUT2D eigenvalue weighted by Gasteiger charge is 2.40. The molecule has 0 saturated heterocycles. The van der Waals surface area contributed by atoms with Gasteiger partial charge in [0.15, 0.2) is 0 Å². The van der Waals surface area contributed by atoms with Gasteiger partial charge < -0.3 is 16.4 Å². The third-order valence-electron chi connectivity index (χ3n) is 7.03. The Labute approximate surface area is 215 Å². The first-order valence-corrected chi connectivity index (χ1v) is 12.8. The lowest BCUT2D eigenvalue weighted by Gasteiger charge is -2.39. The van der Waals surface area contributed by atoms with E-state index in [2.05, 4.69) is 10.6 Å². The molecular formula is C26H30Cl2N4O3. The summed E-state index contributed by atoms with van der Waals surface area (Å²) in [7, 11) is 0. The largest absolute Gasteiger partial charge is 0.348 e. The number of carbonyl (C=O) groups is 3. The number of benzene rings is 2. The zero-order valence-corrected chi connectivity index (χ0v) is 21.3. The van der Waals surface area contributed by atoms with E-state index in [4.69, 9.17) is 28.9 Å². The van der Waals surface area contributed by atoms with Crippen LogP contribution in [0.1, 0.15) is 66.7 Å². The maximum absolute atomic E-state index is 13.7. The first kappa shape index (κ1) is 25.5. The molecule has 186 valence electrons. The molecular weight excluding hydrogens is 487 g/mol. The van der Waals surface area contributed by atoms with E-state index >= 15 is 0 Å². The molecule has 4 N–H and O–H groups in total. The fourth-order valence-corrected chi connectivity index (χ4v) is 5.09. The summed E-state index contributed by atoms with van der Waals surface area (Å²) in [5.41, 5.74) is 7.83. The molecule has 2 aromatic rings. The summed E-state index contributed by atoms with van der Waals surface area (Å²) in [6.07, 6.45) is 4.52. The van der Waals surface area contributed by atoms with Crippen LogP contribution in [0, 0.1) is 5.92 Å². The molecule has 0 spiro atoms. The zero-order chi connectivity index (χ0) is 25.3. The molecule has 4 unspecified atom stereocenters. The van der Waals surface area contributed by atoms with Gasteiger partial charge in [-0.05, 0) is 55.2 Å². The van der Waals surface area contributed by atoms with Crippen LogP contribution < -0.4 is 21.3 Å². The highest BCUT2D eigenvalue weighted by molar-refractivity contribution is 6.42. The van der Waals surface area contributed by atoms with Crippen LogP contribution in [0.3, 0.4) is 0 Å². The van der Waals surface area contributed by atoms with E-state index in [1.54, 1.807) is 30.3 Å². The van der Waals surface area contributed by atoms with E-state index in [1.165, 1.54) is 11.0 Å². The Morgan fingerprint density at radius 1 is 1.11 bits per heavy atom. The molecule has 0 aromatic heterocycles. The topological polar surface area (TPSA) is 105 Å². The number of amides is 3. The molecule has 2 aliphatic rings. The third-order valence-corrected chi connectivity index (χ3v) is 7.77. The van der Waals surface area contributed by atoms with Crippen molar-refractivity contribution < 1.29 is 14.4 Å². The Kier molecular flexibility index (Phi) is 7.69. The zero-order valence-electron chi connectivity index (χ0n) is 19.8. The molecule has 3 amide bonds. The van der Waals surface area contributed by atoms with Crippen molar-refractivity contribution in [3.8, 4) is 0 Å². The third kappa shape index (κ3) is 5.17. The first-order chi connectivity index (χ1) is 16.7. The summed E-state index contributed by atoms with van der Waals surface area (Å²) in [5, 5.41) is 6.53. The van der Waals surface area contributed by atoms with Crippen LogP contribution in [-0.2, 0) is 4.79 Å². The van der Waals surface area contributed by atoms with Crippen LogP contribution in [-0.4, -0.2) is 35.8 Å². The predicted molar refractivity (Wildman–Crippen MR) is 139 cm³/mol. The Hall–Kier alpha value is -2.61. The van der Waals surface area contributed by atoms with Crippen LogP contribution in [0.4, 0.5) is 11.4 Å². The molecule has 4 atom stereocenters. The fraction of sp³-hybridized carbons (Fsp3) is 0.423. The van der Waals surface area contributed by atoms with Crippen molar-refractivity contribution in [3.05, 3.63) is 57.6 Å². The number of nitrogens with two attached hydrogens (primary N) is 1. The summed E-state index contributed by atoms with van der Waals surface area (Å²) >= 11 is 12.2. The average Bonchev–Trinajstić information content (AvgIpc) is 2.85. The minimum absolute atomic E-state index is 0.0689. The van der Waals surface area contributed by atoms with Gasteiger partial charge in [0.25, 0.3) is 11.8 Å². The summed E-state index contributed by atoms with van der Waals surface area (Å²) < 4.78 is 0. The highest BCUT2D eigenvalue weighted by Crippen LogP contribution is 2.37. The van der Waals surface area contributed by atoms with Gasteiger partial charge in [0.1, 0.15) is 6.04 Å². The predicted octanol–water partition coefficient (Wildman–Crippen LogP) is 5.01. The van der Waals surface area contributed by atoms with E-state index < -0.39 is 6.04 Å². The molecule has 2 aromatic carbocycles. The van der Waals surface area contributed by atoms with Gasteiger partial charge >= 0.3 is 0 Å². The quantitative estimate of drug-likeness (QED) is 0.519. The van der Waals surface area contributed by atoms with E-state index in [0.717, 1.165) is 25.7 Å². The van der Waals surface area contributed by atoms with Gasteiger partial charge in [-0.3, -0.25) is 19.3 Å². The molecule has 1 aliphatic carbocycles. The Bertz CT molecular complexity index is 1160. The van der Waals surface area contributed by atoms with Gasteiger partial charge in [-0.2, -0.15) is 0 Å². The lowest BCUT2D eigenvalue weighted by molar-refractivity contribution is -0.118. The minimum Gasteiger partial charge on any atom is -0.348 e. The number of nitrogens with one attached hydrogen (secondary N) is 2. The lowest BCUT2D eigenvalue weighted by atomic mass is 9.90. The van der Waals surface area contributed by atoms with E-state index in [1.807, 2.05) is 13.8 Å². The van der Waals surface area contributed by atoms with Crippen LogP contribution in [0.25, 0.3) is 0 Å². The van der Waals surface area contributed by atoms with Gasteiger partial charge in [-0.1, -0.05) is 56.3 Å². The second-order valence-electron chi connectivity index (χ2n) is 9.38. The van der Waals surface area contributed by atoms with Crippen LogP contribution >= 0.6 is 23.2 Å². The number of nitrogens with zero attached hydrogens (tertiary/aromatic N) is 1. The van der Waals surface area contributed by atoms with Crippen molar-refractivity contribution in [2.75, 3.05) is 10.2 Å². The van der Waals surface area contributed by atoms with E-state index in [-0.39, 0.29) is 40.7 Å². The van der Waals surface area contributed by atoms with Crippen LogP contribution in [0.15, 0.2) is 36.4 Å². The number of anilines is 2. The first-order valence-electron chi connectivity index (χ1n) is 12.0. The summed E-state index contributed by atoms with van der Waals surface area (Å²) in [4.78, 5) is 41.3. The smallest absolute Gasteiger partial charge is 0.259 e. The average molecular weight is 517 g/mol. The van der Waals surface area contributed by atoms with Gasteiger partial charge in [-0.15, -0.1) is 0 Å². The second kappa shape index (κ2) is 10.6. The van der Waals surface area contributed by atoms with Gasteiger partial charge in [0.2, 0.25) is 5.91 Å². The number of carbonyl (C=O) groups excluding carboxylic acids is 3. The fourth-order valence-electron chi connectivity index (χ4n) is 4.79. The van der Waals surface area contributed by atoms with Crippen LogP contribution in [0.5, 0.6) is 0 Å². The number of hydrogen-bond donors (Lipinski definition) is 3. The maximum atomic E-state index is 13.7. The summed E-state index contributed by atoms with van der Waals surface area (Å²) in [6, 6.07) is 8.77. The van der Waals surface area contributed by atoms with Gasteiger partial charge in [-0.25, -0.2) is 0 Å². The molecule has 1 saturated carbocycles. The molecule has 7 nitrogen and oxygen atoms in total. The van der Waals surface area contributed by atoms with Crippen molar-refractivity contribution in [2.24, 2.45) is 11.7 Å². The van der Waals surface area contributed by atoms with Gasteiger partial charge in [0, 0.05) is 23.2 Å². The molecule has 35 heavy (non-hydrogen) atoms. The summed E-state index contributed by atoms with van der Waals surface area (Å²) in [5.74, 6) is -1.02. The van der Waals surface area contributed by atoms with E-state index in [0.29, 0.717) is 33.9 Å². The summed E-state index contributed by atoms with van der Waals surface area (Å²) in [6.45, 7) is 3.90. The molecule has 0 bridgehead atoms. The Balaban J connectivity index is 1.69. The van der Waals surface area contributed by atoms with Crippen molar-refractivity contribution >= 4 is 52.3 Å². The number of halogens is 2. The lowest BCUT2D eigenvalue weighted by Crippen LogP contribution is -2.54. The Morgan fingerprint density at radius 2 is 1.83 bits per heavy atom. The number of hydrogen-bond acceptors (Lipinski definition) is 4. The molecule has 0 radical (unpaired) electrons. The molecule has 9 heteroatoms. The van der Waals surface area contributed by atoms with E-state index in [9.17, 15) is 14.4 Å². The standard InChI is InChI=1S/C26H30Cl2N4O3/c1-3-14(2)23-25(34)31-21-13-15(24(33)30-20-7-5-4-6-19(20)29)9-11-22(21)32(23)26(35)16-8-10-17(27)18(28)12-16/h8-14,19-20,23H,3-7,29H2,1-2H3,(H,30,33)(H,31,34). The SMILES string of the molecule is CCC(C)C1C(=O)Nc2cc(C(=O)NC3CCCCC3N)ccc2N1C(=O)c1ccc(Cl)c(Cl)c1. The maximum Gasteiger partial charge on any atom is 0.259 e. The molecule has 4 rings (SSSR count). The Morgan fingerprint density at radius 3 is 2.51 bits per heavy atom. The molecule has 1 heterocycles. The second-order valence-corrected chi connectivity index (χ2v) is 10.2.